The first-order valence-electron chi connectivity index (χ1n) is 8.82. The molecule has 2 amide bonds. The van der Waals surface area contributed by atoms with Gasteiger partial charge in [-0.05, 0) is 42.6 Å². The third-order valence-corrected chi connectivity index (χ3v) is 5.84. The number of carbonyl (C=O) groups excluding carboxylic acids is 3. The molecule has 12 heteroatoms. The maximum absolute atomic E-state index is 12.2. The summed E-state index contributed by atoms with van der Waals surface area (Å²) in [6, 6.07) is 9.11. The molecule has 0 aliphatic rings. The molecule has 1 heterocycles. The molecule has 1 aromatic heterocycles. The van der Waals surface area contributed by atoms with E-state index in [-0.39, 0.29) is 17.9 Å². The molecule has 30 heavy (non-hydrogen) atoms. The molecule has 3 N–H and O–H groups in total. The van der Waals surface area contributed by atoms with Gasteiger partial charge in [-0.15, -0.1) is 11.3 Å². The summed E-state index contributed by atoms with van der Waals surface area (Å²) in [7, 11) is -3.80. The van der Waals surface area contributed by atoms with Crippen LogP contribution in [0.25, 0.3) is 0 Å². The van der Waals surface area contributed by atoms with Crippen LogP contribution in [-0.4, -0.2) is 46.0 Å². The van der Waals surface area contributed by atoms with Gasteiger partial charge in [0.15, 0.2) is 6.61 Å². The van der Waals surface area contributed by atoms with Gasteiger partial charge in [-0.3, -0.25) is 25.2 Å². The van der Waals surface area contributed by atoms with E-state index in [2.05, 4.69) is 15.6 Å². The van der Waals surface area contributed by atoms with Gasteiger partial charge in [0.1, 0.15) is 5.75 Å². The second-order valence-corrected chi connectivity index (χ2v) is 8.41. The smallest absolute Gasteiger partial charge is 0.307 e. The number of sulfonamides is 1. The van der Waals surface area contributed by atoms with Crippen LogP contribution in [0.15, 0.2) is 46.7 Å². The topological polar surface area (TPSA) is 140 Å². The summed E-state index contributed by atoms with van der Waals surface area (Å²) < 4.78 is 36.6. The Morgan fingerprint density at radius 3 is 2.43 bits per heavy atom. The van der Waals surface area contributed by atoms with Gasteiger partial charge in [0.2, 0.25) is 10.0 Å². The largest absolute Gasteiger partial charge is 0.494 e. The quantitative estimate of drug-likeness (QED) is 0.356. The number of thiophene rings is 1. The molecule has 0 radical (unpaired) electrons. The van der Waals surface area contributed by atoms with Crippen LogP contribution >= 0.6 is 11.3 Å². The summed E-state index contributed by atoms with van der Waals surface area (Å²) >= 11 is 1.20. The van der Waals surface area contributed by atoms with Gasteiger partial charge in [0.25, 0.3) is 11.8 Å². The highest BCUT2D eigenvalue weighted by Crippen LogP contribution is 2.15. The minimum atomic E-state index is -3.80. The van der Waals surface area contributed by atoms with E-state index >= 15 is 0 Å². The van der Waals surface area contributed by atoms with Crippen LogP contribution < -0.4 is 20.3 Å². The molecular formula is C18H21N3O7S2. The predicted octanol–water partition coefficient (Wildman–Crippen LogP) is 0.820. The van der Waals surface area contributed by atoms with Crippen LogP contribution in [0.3, 0.4) is 0 Å². The van der Waals surface area contributed by atoms with E-state index in [9.17, 15) is 22.8 Å². The summed E-state index contributed by atoms with van der Waals surface area (Å²) in [5.74, 6) is -1.45. The normalized spacial score (nSPS) is 10.8. The molecule has 0 unspecified atom stereocenters. The minimum absolute atomic E-state index is 0.0279. The number of nitrogens with one attached hydrogen (secondary N) is 3. The van der Waals surface area contributed by atoms with Crippen molar-refractivity contribution in [2.75, 3.05) is 19.8 Å². The van der Waals surface area contributed by atoms with E-state index in [0.29, 0.717) is 17.2 Å². The lowest BCUT2D eigenvalue weighted by atomic mass is 10.3. The maximum atomic E-state index is 12.2. The summed E-state index contributed by atoms with van der Waals surface area (Å²) in [5, 5.41) is 1.71. The zero-order valence-corrected chi connectivity index (χ0v) is 17.7. The summed E-state index contributed by atoms with van der Waals surface area (Å²) in [4.78, 5) is 35.4. The average molecular weight is 456 g/mol. The molecule has 2 aromatic rings. The van der Waals surface area contributed by atoms with Gasteiger partial charge >= 0.3 is 5.97 Å². The van der Waals surface area contributed by atoms with Gasteiger partial charge < -0.3 is 9.47 Å². The SMILES string of the molecule is CCOc1ccc(S(=O)(=O)NCCC(=O)OCC(=O)NNC(=O)c2cccs2)cc1. The first-order valence-corrected chi connectivity index (χ1v) is 11.2. The molecule has 2 rings (SSSR count). The lowest BCUT2D eigenvalue weighted by molar-refractivity contribution is -0.148. The van der Waals surface area contributed by atoms with Gasteiger partial charge in [-0.1, -0.05) is 6.07 Å². The lowest BCUT2D eigenvalue weighted by Crippen LogP contribution is -2.43. The molecule has 0 aliphatic heterocycles. The average Bonchev–Trinajstić information content (AvgIpc) is 3.26. The van der Waals surface area contributed by atoms with Crippen molar-refractivity contribution in [2.45, 2.75) is 18.2 Å². The standard InChI is InChI=1S/C18H21N3O7S2/c1-2-27-13-5-7-14(8-6-13)30(25,26)19-10-9-17(23)28-12-16(22)20-21-18(24)15-4-3-11-29-15/h3-8,11,19H,2,9-10,12H2,1H3,(H,20,22)(H,21,24). The molecule has 0 fully saturated rings. The Kier molecular flexibility index (Phi) is 8.77. The molecule has 0 aliphatic carbocycles. The van der Waals surface area contributed by atoms with E-state index < -0.39 is 34.4 Å². The van der Waals surface area contributed by atoms with E-state index in [1.807, 2.05) is 6.92 Å². The van der Waals surface area contributed by atoms with Crippen molar-refractivity contribution >= 4 is 39.1 Å². The van der Waals surface area contributed by atoms with Crippen LogP contribution in [0, 0.1) is 0 Å². The highest BCUT2D eigenvalue weighted by atomic mass is 32.2. The fraction of sp³-hybridized carbons (Fsp3) is 0.278. The van der Waals surface area contributed by atoms with Crippen molar-refractivity contribution in [3.05, 3.63) is 46.7 Å². The molecule has 162 valence electrons. The molecule has 0 atom stereocenters. The van der Waals surface area contributed by atoms with Crippen molar-refractivity contribution in [2.24, 2.45) is 0 Å². The van der Waals surface area contributed by atoms with Crippen molar-refractivity contribution in [1.29, 1.82) is 0 Å². The van der Waals surface area contributed by atoms with Gasteiger partial charge in [-0.2, -0.15) is 0 Å². The number of carbonyl (C=O) groups is 3. The Morgan fingerprint density at radius 1 is 1.07 bits per heavy atom. The van der Waals surface area contributed by atoms with Gasteiger partial charge in [0.05, 0.1) is 22.8 Å². The van der Waals surface area contributed by atoms with E-state index in [0.717, 1.165) is 0 Å². The minimum Gasteiger partial charge on any atom is -0.494 e. The number of benzene rings is 1. The van der Waals surface area contributed by atoms with Crippen LogP contribution in [-0.2, 0) is 24.3 Å². The zero-order chi connectivity index (χ0) is 22.0. The number of amides is 2. The van der Waals surface area contributed by atoms with Gasteiger partial charge in [0, 0.05) is 6.54 Å². The van der Waals surface area contributed by atoms with E-state index in [4.69, 9.17) is 9.47 Å². The third kappa shape index (κ3) is 7.46. The molecule has 1 aromatic carbocycles. The van der Waals surface area contributed by atoms with Crippen LogP contribution in [0.5, 0.6) is 5.75 Å². The maximum Gasteiger partial charge on any atom is 0.307 e. The highest BCUT2D eigenvalue weighted by Gasteiger charge is 2.15. The van der Waals surface area contributed by atoms with Gasteiger partial charge in [-0.25, -0.2) is 13.1 Å². The fourth-order valence-corrected chi connectivity index (χ4v) is 3.75. The number of ether oxygens (including phenoxy) is 2. The Balaban J connectivity index is 1.67. The first kappa shape index (κ1) is 23.3. The highest BCUT2D eigenvalue weighted by molar-refractivity contribution is 7.89. The number of hydrogen-bond donors (Lipinski definition) is 3. The van der Waals surface area contributed by atoms with Crippen molar-refractivity contribution < 1.29 is 32.3 Å². The monoisotopic (exact) mass is 455 g/mol. The molecular weight excluding hydrogens is 434 g/mol. The van der Waals surface area contributed by atoms with Crippen LogP contribution in [0.2, 0.25) is 0 Å². The van der Waals surface area contributed by atoms with Crippen LogP contribution in [0.1, 0.15) is 23.0 Å². The number of rotatable bonds is 10. The van der Waals surface area contributed by atoms with Crippen molar-refractivity contribution in [1.82, 2.24) is 15.6 Å². The fourth-order valence-electron chi connectivity index (χ4n) is 2.10. The molecule has 0 spiro atoms. The van der Waals surface area contributed by atoms with Crippen molar-refractivity contribution in [3.8, 4) is 5.75 Å². The zero-order valence-electron chi connectivity index (χ0n) is 16.0. The molecule has 0 saturated heterocycles. The Morgan fingerprint density at radius 2 is 1.80 bits per heavy atom. The Hall–Kier alpha value is -2.96. The second kappa shape index (κ2) is 11.3. The third-order valence-electron chi connectivity index (χ3n) is 3.49. The molecule has 0 saturated carbocycles. The number of esters is 1. The summed E-state index contributed by atoms with van der Waals surface area (Å²) in [5.41, 5.74) is 4.29. The Labute approximate surface area is 177 Å². The number of hydrogen-bond acceptors (Lipinski definition) is 8. The molecule has 10 nitrogen and oxygen atoms in total. The molecule has 0 bridgehead atoms. The summed E-state index contributed by atoms with van der Waals surface area (Å²) in [6.07, 6.45) is -0.273. The predicted molar refractivity (Wildman–Crippen MR) is 108 cm³/mol. The van der Waals surface area contributed by atoms with Crippen LogP contribution in [0.4, 0.5) is 0 Å². The number of hydrazine groups is 1. The second-order valence-electron chi connectivity index (χ2n) is 5.69. The van der Waals surface area contributed by atoms with E-state index in [1.165, 1.54) is 35.6 Å². The van der Waals surface area contributed by atoms with Crippen molar-refractivity contribution in [3.63, 3.8) is 0 Å². The first-order chi connectivity index (χ1) is 14.3. The Bertz CT molecular complexity index is 958. The van der Waals surface area contributed by atoms with E-state index in [1.54, 1.807) is 17.5 Å². The summed E-state index contributed by atoms with van der Waals surface area (Å²) in [6.45, 7) is 1.46. The lowest BCUT2D eigenvalue weighted by Gasteiger charge is -2.09.